The summed E-state index contributed by atoms with van der Waals surface area (Å²) in [5, 5.41) is 8.94. The summed E-state index contributed by atoms with van der Waals surface area (Å²) in [7, 11) is 1.67. The van der Waals surface area contributed by atoms with Gasteiger partial charge in [0.15, 0.2) is 5.96 Å². The molecular formula is C14H30N4O2. The Balaban J connectivity index is 3.80. The zero-order valence-corrected chi connectivity index (χ0v) is 13.7. The molecule has 0 aromatic heterocycles. The monoisotopic (exact) mass is 286 g/mol. The van der Waals surface area contributed by atoms with E-state index >= 15 is 0 Å². The number of hydrogen-bond acceptors (Lipinski definition) is 3. The lowest BCUT2D eigenvalue weighted by molar-refractivity contribution is -0.121. The molecule has 0 aliphatic carbocycles. The molecule has 0 aromatic rings. The molecule has 6 nitrogen and oxygen atoms in total. The van der Waals surface area contributed by atoms with Crippen molar-refractivity contribution in [1.29, 1.82) is 0 Å². The average molecular weight is 286 g/mol. The van der Waals surface area contributed by atoms with Gasteiger partial charge in [0.1, 0.15) is 0 Å². The van der Waals surface area contributed by atoms with E-state index in [1.54, 1.807) is 7.05 Å². The van der Waals surface area contributed by atoms with Gasteiger partial charge < -0.3 is 20.7 Å². The summed E-state index contributed by atoms with van der Waals surface area (Å²) >= 11 is 0. The molecule has 0 aliphatic rings. The molecule has 0 radical (unpaired) electrons. The second kappa shape index (κ2) is 9.58. The van der Waals surface area contributed by atoms with Crippen LogP contribution >= 0.6 is 0 Å². The lowest BCUT2D eigenvalue weighted by atomic mass is 10.1. The van der Waals surface area contributed by atoms with Gasteiger partial charge in [-0.2, -0.15) is 0 Å². The molecule has 0 spiro atoms. The highest BCUT2D eigenvalue weighted by atomic mass is 16.5. The van der Waals surface area contributed by atoms with Crippen molar-refractivity contribution in [1.82, 2.24) is 16.0 Å². The van der Waals surface area contributed by atoms with E-state index in [0.29, 0.717) is 25.0 Å². The Kier molecular flexibility index (Phi) is 8.96. The fourth-order valence-corrected chi connectivity index (χ4v) is 1.41. The molecule has 0 saturated heterocycles. The van der Waals surface area contributed by atoms with E-state index in [0.717, 1.165) is 6.61 Å². The molecule has 1 amide bonds. The molecule has 0 fully saturated rings. The van der Waals surface area contributed by atoms with E-state index in [-0.39, 0.29) is 18.0 Å². The van der Waals surface area contributed by atoms with E-state index in [1.165, 1.54) is 0 Å². The summed E-state index contributed by atoms with van der Waals surface area (Å²) in [5.41, 5.74) is -0.222. The van der Waals surface area contributed by atoms with Crippen LogP contribution in [0.15, 0.2) is 4.99 Å². The summed E-state index contributed by atoms with van der Waals surface area (Å²) in [4.78, 5) is 15.7. The first kappa shape index (κ1) is 18.7. The Hall–Kier alpha value is -1.30. The number of guanidine groups is 1. The van der Waals surface area contributed by atoms with Gasteiger partial charge >= 0.3 is 0 Å². The standard InChI is InChI=1S/C14H30N4O2/c1-11(2)10-20-8-7-16-13(15-6)17-9-12(19)18-14(3,4)5/h11H,7-10H2,1-6H3,(H,18,19)(H2,15,16,17). The van der Waals surface area contributed by atoms with Gasteiger partial charge in [-0.3, -0.25) is 9.79 Å². The van der Waals surface area contributed by atoms with Crippen molar-refractivity contribution in [2.24, 2.45) is 10.9 Å². The summed E-state index contributed by atoms with van der Waals surface area (Å²) in [5.74, 6) is 1.08. The molecule has 20 heavy (non-hydrogen) atoms. The van der Waals surface area contributed by atoms with Gasteiger partial charge in [-0.1, -0.05) is 13.8 Å². The zero-order chi connectivity index (χ0) is 15.6. The molecule has 0 bridgehead atoms. The first-order valence-electron chi connectivity index (χ1n) is 7.08. The highest BCUT2D eigenvalue weighted by molar-refractivity contribution is 5.86. The quantitative estimate of drug-likeness (QED) is 0.366. The summed E-state index contributed by atoms with van der Waals surface area (Å²) < 4.78 is 5.46. The minimum absolute atomic E-state index is 0.0588. The Labute approximate surface area is 122 Å². The molecule has 118 valence electrons. The van der Waals surface area contributed by atoms with E-state index < -0.39 is 0 Å². The molecule has 0 saturated carbocycles. The van der Waals surface area contributed by atoms with E-state index in [9.17, 15) is 4.79 Å². The van der Waals surface area contributed by atoms with Crippen molar-refractivity contribution in [3.05, 3.63) is 0 Å². The van der Waals surface area contributed by atoms with Crippen LogP contribution in [-0.2, 0) is 9.53 Å². The third kappa shape index (κ3) is 11.8. The van der Waals surface area contributed by atoms with Crippen LogP contribution in [0.25, 0.3) is 0 Å². The van der Waals surface area contributed by atoms with Crippen LogP contribution in [0.1, 0.15) is 34.6 Å². The molecule has 0 aromatic carbocycles. The number of ether oxygens (including phenoxy) is 1. The van der Waals surface area contributed by atoms with Crippen molar-refractivity contribution < 1.29 is 9.53 Å². The third-order valence-electron chi connectivity index (χ3n) is 2.14. The molecule has 0 heterocycles. The molecule has 0 aliphatic heterocycles. The second-order valence-corrected chi connectivity index (χ2v) is 6.12. The summed E-state index contributed by atoms with van der Waals surface area (Å²) in [6.07, 6.45) is 0. The highest BCUT2D eigenvalue weighted by Gasteiger charge is 2.13. The number of rotatable bonds is 7. The van der Waals surface area contributed by atoms with Crippen LogP contribution in [0.5, 0.6) is 0 Å². The maximum atomic E-state index is 11.6. The van der Waals surface area contributed by atoms with Crippen LogP contribution < -0.4 is 16.0 Å². The molecular weight excluding hydrogens is 256 g/mol. The van der Waals surface area contributed by atoms with E-state index in [4.69, 9.17) is 4.74 Å². The van der Waals surface area contributed by atoms with Crippen molar-refractivity contribution in [2.75, 3.05) is 33.4 Å². The van der Waals surface area contributed by atoms with Crippen LogP contribution in [0.3, 0.4) is 0 Å². The minimum atomic E-state index is -0.222. The smallest absolute Gasteiger partial charge is 0.239 e. The largest absolute Gasteiger partial charge is 0.379 e. The first-order valence-corrected chi connectivity index (χ1v) is 7.08. The normalized spacial score (nSPS) is 12.4. The van der Waals surface area contributed by atoms with Gasteiger partial charge in [-0.15, -0.1) is 0 Å². The zero-order valence-electron chi connectivity index (χ0n) is 13.7. The lowest BCUT2D eigenvalue weighted by Gasteiger charge is -2.21. The Bertz CT molecular complexity index is 309. The number of aliphatic imine (C=N–C) groups is 1. The molecule has 0 atom stereocenters. The van der Waals surface area contributed by atoms with Crippen molar-refractivity contribution in [3.8, 4) is 0 Å². The number of carbonyl (C=O) groups is 1. The summed E-state index contributed by atoms with van der Waals surface area (Å²) in [6, 6.07) is 0. The lowest BCUT2D eigenvalue weighted by Crippen LogP contribution is -2.48. The second-order valence-electron chi connectivity index (χ2n) is 6.12. The van der Waals surface area contributed by atoms with Gasteiger partial charge in [0.25, 0.3) is 0 Å². The fourth-order valence-electron chi connectivity index (χ4n) is 1.41. The van der Waals surface area contributed by atoms with Crippen LogP contribution in [-0.4, -0.2) is 50.8 Å². The molecule has 0 rings (SSSR count). The molecule has 0 unspecified atom stereocenters. The topological polar surface area (TPSA) is 74.8 Å². The number of nitrogens with zero attached hydrogens (tertiary/aromatic N) is 1. The van der Waals surface area contributed by atoms with Crippen LogP contribution in [0.4, 0.5) is 0 Å². The van der Waals surface area contributed by atoms with Crippen LogP contribution in [0.2, 0.25) is 0 Å². The minimum Gasteiger partial charge on any atom is -0.379 e. The van der Waals surface area contributed by atoms with Gasteiger partial charge in [0, 0.05) is 25.7 Å². The van der Waals surface area contributed by atoms with Crippen molar-refractivity contribution >= 4 is 11.9 Å². The van der Waals surface area contributed by atoms with Crippen molar-refractivity contribution in [2.45, 2.75) is 40.2 Å². The third-order valence-corrected chi connectivity index (χ3v) is 2.14. The van der Waals surface area contributed by atoms with E-state index in [1.807, 2.05) is 20.8 Å². The molecule has 3 N–H and O–H groups in total. The SMILES string of the molecule is CN=C(NCCOCC(C)C)NCC(=O)NC(C)(C)C. The van der Waals surface area contributed by atoms with Crippen LogP contribution in [0, 0.1) is 5.92 Å². The Morgan fingerprint density at radius 1 is 1.25 bits per heavy atom. The maximum Gasteiger partial charge on any atom is 0.239 e. The van der Waals surface area contributed by atoms with Gasteiger partial charge in [-0.05, 0) is 26.7 Å². The molecule has 6 heteroatoms. The fraction of sp³-hybridized carbons (Fsp3) is 0.857. The van der Waals surface area contributed by atoms with Gasteiger partial charge in [0.05, 0.1) is 13.2 Å². The van der Waals surface area contributed by atoms with Gasteiger partial charge in [-0.25, -0.2) is 0 Å². The van der Waals surface area contributed by atoms with E-state index in [2.05, 4.69) is 34.8 Å². The number of carbonyl (C=O) groups excluding carboxylic acids is 1. The highest BCUT2D eigenvalue weighted by Crippen LogP contribution is 1.97. The maximum absolute atomic E-state index is 11.6. The number of amides is 1. The predicted octanol–water partition coefficient (Wildman–Crippen LogP) is 0.739. The number of nitrogens with one attached hydrogen (secondary N) is 3. The Morgan fingerprint density at radius 3 is 2.40 bits per heavy atom. The predicted molar refractivity (Wildman–Crippen MR) is 82.9 cm³/mol. The Morgan fingerprint density at radius 2 is 1.90 bits per heavy atom. The average Bonchev–Trinajstić information content (AvgIpc) is 2.30. The van der Waals surface area contributed by atoms with Crippen molar-refractivity contribution in [3.63, 3.8) is 0 Å². The number of hydrogen-bond donors (Lipinski definition) is 3. The first-order chi connectivity index (χ1) is 9.24. The summed E-state index contributed by atoms with van der Waals surface area (Å²) in [6.45, 7) is 12.3. The van der Waals surface area contributed by atoms with Gasteiger partial charge in [0.2, 0.25) is 5.91 Å².